The highest BCUT2D eigenvalue weighted by molar-refractivity contribution is 5.90. The Bertz CT molecular complexity index is 977. The van der Waals surface area contributed by atoms with E-state index in [0.717, 1.165) is 28.8 Å². The number of aryl methyl sites for hydroxylation is 1. The van der Waals surface area contributed by atoms with Crippen molar-refractivity contribution >= 4 is 16.7 Å². The van der Waals surface area contributed by atoms with Crippen LogP contribution in [0.3, 0.4) is 0 Å². The predicted octanol–water partition coefficient (Wildman–Crippen LogP) is 3.00. The number of nitrogens with two attached hydrogens (primary N) is 1. The third-order valence-corrected chi connectivity index (χ3v) is 4.53. The molecule has 2 heterocycles. The molecule has 1 aliphatic rings. The fourth-order valence-corrected chi connectivity index (χ4v) is 3.14. The smallest absolute Gasteiger partial charge is 0.162 e. The van der Waals surface area contributed by atoms with Crippen LogP contribution >= 0.6 is 0 Å². The maximum Gasteiger partial charge on any atom is 0.162 e. The Kier molecular flexibility index (Phi) is 4.58. The van der Waals surface area contributed by atoms with Crippen molar-refractivity contribution in [3.05, 3.63) is 42.2 Å². The summed E-state index contributed by atoms with van der Waals surface area (Å²) in [5, 5.41) is 0.738. The first-order valence-electron chi connectivity index (χ1n) is 8.74. The van der Waals surface area contributed by atoms with E-state index in [2.05, 4.69) is 9.97 Å². The quantitative estimate of drug-likeness (QED) is 0.741. The topological polar surface area (TPSA) is 88.7 Å². The van der Waals surface area contributed by atoms with Gasteiger partial charge in [0.15, 0.2) is 23.0 Å². The first-order valence-corrected chi connectivity index (χ1v) is 8.74. The molecule has 0 amide bonds. The number of aromatic nitrogens is 2. The first kappa shape index (κ1) is 17.2. The summed E-state index contributed by atoms with van der Waals surface area (Å²) in [5.74, 6) is 3.83. The normalized spacial score (nSPS) is 15.6. The molecule has 1 atom stereocenters. The fourth-order valence-electron chi connectivity index (χ4n) is 3.14. The minimum absolute atomic E-state index is 0.0502. The second kappa shape index (κ2) is 7.19. The monoisotopic (exact) mass is 367 g/mol. The molecule has 4 rings (SSSR count). The highest BCUT2D eigenvalue weighted by atomic mass is 16.6. The molecule has 0 fully saturated rings. The van der Waals surface area contributed by atoms with Gasteiger partial charge in [0.1, 0.15) is 24.4 Å². The van der Waals surface area contributed by atoms with E-state index in [1.807, 2.05) is 30.3 Å². The van der Waals surface area contributed by atoms with Gasteiger partial charge in [0.25, 0.3) is 0 Å². The molecule has 3 aromatic rings. The van der Waals surface area contributed by atoms with Crippen molar-refractivity contribution in [1.29, 1.82) is 0 Å². The van der Waals surface area contributed by atoms with E-state index in [1.54, 1.807) is 20.3 Å². The van der Waals surface area contributed by atoms with Gasteiger partial charge >= 0.3 is 0 Å². The fraction of sp³-hybridized carbons (Fsp3) is 0.300. The van der Waals surface area contributed by atoms with Crippen LogP contribution in [-0.2, 0) is 6.42 Å². The molecule has 0 unspecified atom stereocenters. The van der Waals surface area contributed by atoms with Crippen molar-refractivity contribution in [1.82, 2.24) is 9.97 Å². The van der Waals surface area contributed by atoms with Crippen LogP contribution in [0, 0.1) is 0 Å². The Hall–Kier alpha value is -3.22. The average Bonchev–Trinajstić information content (AvgIpc) is 2.71. The van der Waals surface area contributed by atoms with Crippen LogP contribution in [0.5, 0.6) is 23.0 Å². The summed E-state index contributed by atoms with van der Waals surface area (Å²) in [4.78, 5) is 9.06. The molecular weight excluding hydrogens is 346 g/mol. The molecular formula is C20H21N3O4. The molecule has 7 heteroatoms. The van der Waals surface area contributed by atoms with Crippen molar-refractivity contribution in [2.24, 2.45) is 0 Å². The van der Waals surface area contributed by atoms with Gasteiger partial charge in [0.05, 0.1) is 19.7 Å². The molecule has 0 spiro atoms. The molecule has 7 nitrogen and oxygen atoms in total. The molecule has 2 aromatic carbocycles. The van der Waals surface area contributed by atoms with Crippen LogP contribution in [0.1, 0.15) is 12.2 Å². The average molecular weight is 367 g/mol. The van der Waals surface area contributed by atoms with Gasteiger partial charge < -0.3 is 24.7 Å². The molecule has 0 saturated carbocycles. The first-order chi connectivity index (χ1) is 13.2. The summed E-state index contributed by atoms with van der Waals surface area (Å²) in [6, 6.07) is 11.3. The Balaban J connectivity index is 1.52. The summed E-state index contributed by atoms with van der Waals surface area (Å²) in [7, 11) is 3.17. The lowest BCUT2D eigenvalue weighted by atomic mass is 10.1. The van der Waals surface area contributed by atoms with Gasteiger partial charge in [-0.3, -0.25) is 0 Å². The van der Waals surface area contributed by atoms with E-state index in [9.17, 15) is 0 Å². The highest BCUT2D eigenvalue weighted by Crippen LogP contribution is 2.34. The minimum atomic E-state index is -0.0502. The zero-order valence-electron chi connectivity index (χ0n) is 15.3. The summed E-state index contributed by atoms with van der Waals surface area (Å²) in [6.45, 7) is 0.505. The number of ether oxygens (including phenoxy) is 4. The van der Waals surface area contributed by atoms with Crippen molar-refractivity contribution in [3.8, 4) is 23.0 Å². The number of nitrogens with zero attached hydrogens (tertiary/aromatic N) is 2. The molecule has 0 saturated heterocycles. The summed E-state index contributed by atoms with van der Waals surface area (Å²) >= 11 is 0. The number of rotatable bonds is 5. The number of para-hydroxylation sites is 2. The minimum Gasteiger partial charge on any atom is -0.493 e. The van der Waals surface area contributed by atoms with Crippen molar-refractivity contribution in [2.45, 2.75) is 18.9 Å². The van der Waals surface area contributed by atoms with Crippen molar-refractivity contribution < 1.29 is 18.9 Å². The molecule has 0 radical (unpaired) electrons. The van der Waals surface area contributed by atoms with Crippen LogP contribution in [0.15, 0.2) is 36.4 Å². The maximum absolute atomic E-state index is 6.14. The Morgan fingerprint density at radius 2 is 1.81 bits per heavy atom. The van der Waals surface area contributed by atoms with Crippen LogP contribution in [0.4, 0.5) is 5.82 Å². The SMILES string of the molecule is COc1cc2nc(CC[C@H]3COc4ccccc4O3)nc(N)c2cc1OC. The Labute approximate surface area is 157 Å². The molecule has 1 aromatic heterocycles. The van der Waals surface area contributed by atoms with E-state index < -0.39 is 0 Å². The Morgan fingerprint density at radius 1 is 1.07 bits per heavy atom. The number of methoxy groups -OCH3 is 2. The number of fused-ring (bicyclic) bond motifs is 2. The molecule has 0 bridgehead atoms. The zero-order chi connectivity index (χ0) is 18.8. The lowest BCUT2D eigenvalue weighted by Crippen LogP contribution is -2.29. The van der Waals surface area contributed by atoms with Gasteiger partial charge in [0, 0.05) is 17.9 Å². The largest absolute Gasteiger partial charge is 0.493 e. The number of hydrogen-bond acceptors (Lipinski definition) is 7. The molecule has 2 N–H and O–H groups in total. The number of anilines is 1. The third kappa shape index (κ3) is 3.40. The summed E-state index contributed by atoms with van der Waals surface area (Å²) in [6.07, 6.45) is 1.31. The summed E-state index contributed by atoms with van der Waals surface area (Å²) < 4.78 is 22.4. The van der Waals surface area contributed by atoms with Crippen LogP contribution in [-0.4, -0.2) is 36.9 Å². The van der Waals surface area contributed by atoms with Crippen LogP contribution in [0.25, 0.3) is 10.9 Å². The van der Waals surface area contributed by atoms with Gasteiger partial charge in [-0.15, -0.1) is 0 Å². The Morgan fingerprint density at radius 3 is 2.59 bits per heavy atom. The maximum atomic E-state index is 6.14. The zero-order valence-corrected chi connectivity index (χ0v) is 15.3. The summed E-state index contributed by atoms with van der Waals surface area (Å²) in [5.41, 5.74) is 6.86. The second-order valence-electron chi connectivity index (χ2n) is 6.29. The lowest BCUT2D eigenvalue weighted by molar-refractivity contribution is 0.0847. The molecule has 0 aliphatic carbocycles. The third-order valence-electron chi connectivity index (χ3n) is 4.53. The van der Waals surface area contributed by atoms with Crippen molar-refractivity contribution in [2.75, 3.05) is 26.6 Å². The van der Waals surface area contributed by atoms with Gasteiger partial charge in [-0.1, -0.05) is 12.1 Å². The van der Waals surface area contributed by atoms with E-state index in [4.69, 9.17) is 24.7 Å². The predicted molar refractivity (Wildman–Crippen MR) is 102 cm³/mol. The molecule has 1 aliphatic heterocycles. The number of hydrogen-bond donors (Lipinski definition) is 1. The number of nitrogen functional groups attached to an aromatic ring is 1. The number of benzene rings is 2. The van der Waals surface area contributed by atoms with E-state index >= 15 is 0 Å². The van der Waals surface area contributed by atoms with Crippen molar-refractivity contribution in [3.63, 3.8) is 0 Å². The molecule has 27 heavy (non-hydrogen) atoms. The highest BCUT2D eigenvalue weighted by Gasteiger charge is 2.21. The van der Waals surface area contributed by atoms with Crippen LogP contribution in [0.2, 0.25) is 0 Å². The van der Waals surface area contributed by atoms with Gasteiger partial charge in [0.2, 0.25) is 0 Å². The van der Waals surface area contributed by atoms with E-state index in [-0.39, 0.29) is 6.10 Å². The van der Waals surface area contributed by atoms with E-state index in [1.165, 1.54) is 0 Å². The van der Waals surface area contributed by atoms with E-state index in [0.29, 0.717) is 36.2 Å². The van der Waals surface area contributed by atoms with Gasteiger partial charge in [-0.25, -0.2) is 9.97 Å². The molecule has 140 valence electrons. The van der Waals surface area contributed by atoms with Gasteiger partial charge in [-0.05, 0) is 24.6 Å². The lowest BCUT2D eigenvalue weighted by Gasteiger charge is -2.26. The second-order valence-corrected chi connectivity index (χ2v) is 6.29. The standard InChI is InChI=1S/C20H21N3O4/c1-24-17-9-13-14(10-18(17)25-2)22-19(23-20(13)21)8-7-12-11-26-15-5-3-4-6-16(15)27-12/h3-6,9-10,12H,7-8,11H2,1-2H3,(H2,21,22,23)/t12-/m0/s1. The van der Waals surface area contributed by atoms with Crippen LogP contribution < -0.4 is 24.7 Å². The van der Waals surface area contributed by atoms with Gasteiger partial charge in [-0.2, -0.15) is 0 Å².